The summed E-state index contributed by atoms with van der Waals surface area (Å²) >= 11 is 0. The van der Waals surface area contributed by atoms with Gasteiger partial charge in [0.05, 0.1) is 12.0 Å². The van der Waals surface area contributed by atoms with E-state index >= 15 is 0 Å². The second kappa shape index (κ2) is 6.20. The van der Waals surface area contributed by atoms with Crippen LogP contribution in [0.1, 0.15) is 38.5 Å². The summed E-state index contributed by atoms with van der Waals surface area (Å²) in [6.07, 6.45) is -0.263. The van der Waals surface area contributed by atoms with Crippen molar-refractivity contribution in [2.75, 3.05) is 26.7 Å². The van der Waals surface area contributed by atoms with E-state index in [1.807, 2.05) is 0 Å². The third kappa shape index (κ3) is 3.28. The van der Waals surface area contributed by atoms with E-state index in [1.54, 1.807) is 7.11 Å². The molecule has 0 radical (unpaired) electrons. The molecule has 0 aromatic heterocycles. The number of nitrogens with two attached hydrogens (primary N) is 1. The van der Waals surface area contributed by atoms with Gasteiger partial charge in [0.15, 0.2) is 0 Å². The molecule has 0 aromatic carbocycles. The van der Waals surface area contributed by atoms with Gasteiger partial charge < -0.3 is 10.5 Å². The van der Waals surface area contributed by atoms with Crippen LogP contribution in [0.2, 0.25) is 0 Å². The van der Waals surface area contributed by atoms with Gasteiger partial charge in [-0.05, 0) is 38.6 Å². The molecule has 1 saturated heterocycles. The lowest BCUT2D eigenvalue weighted by Crippen LogP contribution is -2.60. The standard InChI is InChI=1S/C14H25F3N2O/c1-20-12-5-3-7-19(9-12)13(10-18)6-2-4-11(8-13)14(15,16)17/h11-12H,2-10,18H2,1H3. The molecule has 2 rings (SSSR count). The van der Waals surface area contributed by atoms with Gasteiger partial charge in [-0.1, -0.05) is 6.42 Å². The number of hydrogen-bond donors (Lipinski definition) is 1. The summed E-state index contributed by atoms with van der Waals surface area (Å²) in [4.78, 5) is 2.17. The normalized spacial score (nSPS) is 37.0. The fourth-order valence-electron chi connectivity index (χ4n) is 3.78. The summed E-state index contributed by atoms with van der Waals surface area (Å²) in [5.41, 5.74) is 5.42. The van der Waals surface area contributed by atoms with Crippen LogP contribution in [0.15, 0.2) is 0 Å². The van der Waals surface area contributed by atoms with E-state index in [-0.39, 0.29) is 18.9 Å². The van der Waals surface area contributed by atoms with Gasteiger partial charge in [-0.3, -0.25) is 4.90 Å². The summed E-state index contributed by atoms with van der Waals surface area (Å²) < 4.78 is 44.5. The zero-order valence-electron chi connectivity index (χ0n) is 12.1. The van der Waals surface area contributed by atoms with E-state index in [1.165, 1.54) is 0 Å². The number of nitrogens with zero attached hydrogens (tertiary/aromatic N) is 1. The molecule has 3 unspecified atom stereocenters. The fourth-order valence-corrected chi connectivity index (χ4v) is 3.78. The van der Waals surface area contributed by atoms with Crippen molar-refractivity contribution in [3.05, 3.63) is 0 Å². The molecule has 0 bridgehead atoms. The first-order chi connectivity index (χ1) is 9.41. The predicted molar refractivity (Wildman–Crippen MR) is 71.4 cm³/mol. The molecule has 2 N–H and O–H groups in total. The highest BCUT2D eigenvalue weighted by atomic mass is 19.4. The number of likely N-dealkylation sites (tertiary alicyclic amines) is 1. The number of ether oxygens (including phenoxy) is 1. The molecule has 3 nitrogen and oxygen atoms in total. The van der Waals surface area contributed by atoms with Crippen molar-refractivity contribution in [3.63, 3.8) is 0 Å². The highest BCUT2D eigenvalue weighted by Gasteiger charge is 2.49. The number of rotatable bonds is 3. The van der Waals surface area contributed by atoms with Crippen LogP contribution in [-0.4, -0.2) is 49.5 Å². The number of piperidine rings is 1. The van der Waals surface area contributed by atoms with Gasteiger partial charge in [0, 0.05) is 25.7 Å². The Hall–Kier alpha value is -0.330. The Balaban J connectivity index is 2.11. The van der Waals surface area contributed by atoms with Crippen LogP contribution in [0.25, 0.3) is 0 Å². The van der Waals surface area contributed by atoms with Crippen LogP contribution < -0.4 is 5.73 Å². The average molecular weight is 294 g/mol. The zero-order valence-corrected chi connectivity index (χ0v) is 12.1. The molecule has 0 spiro atoms. The summed E-state index contributed by atoms with van der Waals surface area (Å²) in [6.45, 7) is 1.84. The maximum atomic E-state index is 13.0. The first-order valence-electron chi connectivity index (χ1n) is 7.46. The van der Waals surface area contributed by atoms with Gasteiger partial charge in [-0.2, -0.15) is 13.2 Å². The van der Waals surface area contributed by atoms with Gasteiger partial charge in [0.2, 0.25) is 0 Å². The maximum absolute atomic E-state index is 13.0. The van der Waals surface area contributed by atoms with Crippen molar-refractivity contribution in [2.45, 2.75) is 56.3 Å². The number of methoxy groups -OCH3 is 1. The third-order valence-corrected chi connectivity index (χ3v) is 5.05. The summed E-state index contributed by atoms with van der Waals surface area (Å²) in [6, 6.07) is 0. The molecule has 0 aromatic rings. The van der Waals surface area contributed by atoms with E-state index in [0.717, 1.165) is 25.8 Å². The Morgan fingerprint density at radius 1 is 1.30 bits per heavy atom. The summed E-state index contributed by atoms with van der Waals surface area (Å²) in [5.74, 6) is -1.21. The smallest absolute Gasteiger partial charge is 0.380 e. The van der Waals surface area contributed by atoms with E-state index in [0.29, 0.717) is 19.5 Å². The molecule has 0 amide bonds. The minimum atomic E-state index is -4.10. The van der Waals surface area contributed by atoms with Crippen molar-refractivity contribution < 1.29 is 17.9 Å². The SMILES string of the molecule is COC1CCCN(C2(CN)CCCC(C(F)(F)F)C2)C1. The fraction of sp³-hybridized carbons (Fsp3) is 1.00. The Morgan fingerprint density at radius 2 is 2.05 bits per heavy atom. The Bertz CT molecular complexity index is 324. The van der Waals surface area contributed by atoms with E-state index in [4.69, 9.17) is 10.5 Å². The first-order valence-corrected chi connectivity index (χ1v) is 7.46. The van der Waals surface area contributed by atoms with Crippen LogP contribution in [0.5, 0.6) is 0 Å². The van der Waals surface area contributed by atoms with E-state index in [9.17, 15) is 13.2 Å². The molecule has 2 aliphatic rings. The molecule has 2 fully saturated rings. The second-order valence-corrected chi connectivity index (χ2v) is 6.21. The largest absolute Gasteiger partial charge is 0.391 e. The van der Waals surface area contributed by atoms with Gasteiger partial charge in [-0.15, -0.1) is 0 Å². The first kappa shape index (κ1) is 16.0. The molecule has 1 aliphatic carbocycles. The molecular weight excluding hydrogens is 269 g/mol. The topological polar surface area (TPSA) is 38.5 Å². The minimum absolute atomic E-state index is 0.124. The molecule has 118 valence electrons. The lowest BCUT2D eigenvalue weighted by Gasteiger charge is -2.51. The van der Waals surface area contributed by atoms with Gasteiger partial charge in [0.25, 0.3) is 0 Å². The van der Waals surface area contributed by atoms with Crippen LogP contribution in [0.3, 0.4) is 0 Å². The number of halogens is 3. The number of alkyl halides is 3. The lowest BCUT2D eigenvalue weighted by atomic mass is 9.73. The Morgan fingerprint density at radius 3 is 2.65 bits per heavy atom. The van der Waals surface area contributed by atoms with Crippen molar-refractivity contribution in [1.82, 2.24) is 4.90 Å². The second-order valence-electron chi connectivity index (χ2n) is 6.21. The van der Waals surface area contributed by atoms with Crippen molar-refractivity contribution >= 4 is 0 Å². The Kier molecular flexibility index (Phi) is 4.97. The van der Waals surface area contributed by atoms with Crippen LogP contribution in [0, 0.1) is 5.92 Å². The van der Waals surface area contributed by atoms with Crippen LogP contribution in [0.4, 0.5) is 13.2 Å². The highest BCUT2D eigenvalue weighted by Crippen LogP contribution is 2.44. The molecule has 20 heavy (non-hydrogen) atoms. The van der Waals surface area contributed by atoms with E-state index < -0.39 is 17.6 Å². The molecule has 3 atom stereocenters. The summed E-state index contributed by atoms with van der Waals surface area (Å²) in [5, 5.41) is 0. The maximum Gasteiger partial charge on any atom is 0.391 e. The van der Waals surface area contributed by atoms with Gasteiger partial charge >= 0.3 is 6.18 Å². The van der Waals surface area contributed by atoms with Crippen molar-refractivity contribution in [2.24, 2.45) is 11.7 Å². The third-order valence-electron chi connectivity index (χ3n) is 5.05. The average Bonchev–Trinajstić information content (AvgIpc) is 2.46. The summed E-state index contributed by atoms with van der Waals surface area (Å²) in [7, 11) is 1.67. The monoisotopic (exact) mass is 294 g/mol. The van der Waals surface area contributed by atoms with Crippen molar-refractivity contribution in [1.29, 1.82) is 0 Å². The zero-order chi connectivity index (χ0) is 14.8. The van der Waals surface area contributed by atoms with Gasteiger partial charge in [0.1, 0.15) is 0 Å². The molecule has 1 heterocycles. The lowest BCUT2D eigenvalue weighted by molar-refractivity contribution is -0.195. The quantitative estimate of drug-likeness (QED) is 0.869. The molecule has 1 aliphatic heterocycles. The molecule has 6 heteroatoms. The van der Waals surface area contributed by atoms with E-state index in [2.05, 4.69) is 4.90 Å². The highest BCUT2D eigenvalue weighted by molar-refractivity contribution is 4.99. The minimum Gasteiger partial charge on any atom is -0.380 e. The molecule has 1 saturated carbocycles. The van der Waals surface area contributed by atoms with Crippen LogP contribution >= 0.6 is 0 Å². The van der Waals surface area contributed by atoms with Gasteiger partial charge in [-0.25, -0.2) is 0 Å². The van der Waals surface area contributed by atoms with Crippen LogP contribution in [-0.2, 0) is 4.74 Å². The number of hydrogen-bond acceptors (Lipinski definition) is 3. The van der Waals surface area contributed by atoms with Crippen molar-refractivity contribution in [3.8, 4) is 0 Å². The Labute approximate surface area is 118 Å². The molecular formula is C14H25F3N2O. The predicted octanol–water partition coefficient (Wildman–Crippen LogP) is 2.55.